The van der Waals surface area contributed by atoms with Gasteiger partial charge in [-0.25, -0.2) is 0 Å². The first-order valence-electron chi connectivity index (χ1n) is 6.83. The second kappa shape index (κ2) is 6.44. The number of aromatic nitrogens is 2. The molecule has 1 amide bonds. The predicted molar refractivity (Wildman–Crippen MR) is 86.1 cm³/mol. The molecule has 0 aliphatic heterocycles. The van der Waals surface area contributed by atoms with Crippen LogP contribution in [-0.2, 0) is 4.79 Å². The maximum Gasteiger partial charge on any atom is 0.233 e. The average molecular weight is 320 g/mol. The lowest BCUT2D eigenvalue weighted by molar-refractivity contribution is -0.120. The molecule has 0 bridgehead atoms. The van der Waals surface area contributed by atoms with Crippen molar-refractivity contribution in [3.05, 3.63) is 30.3 Å². The highest BCUT2D eigenvalue weighted by molar-refractivity contribution is 8.02. The summed E-state index contributed by atoms with van der Waals surface area (Å²) in [5.41, 5.74) is 0.977. The van der Waals surface area contributed by atoms with Crippen LogP contribution >= 0.6 is 23.1 Å². The summed E-state index contributed by atoms with van der Waals surface area (Å²) in [6, 6.07) is 10.2. The maximum atomic E-state index is 11.9. The summed E-state index contributed by atoms with van der Waals surface area (Å²) in [6.07, 6.45) is 2.21. The molecule has 7 heteroatoms. The number of carbonyl (C=O) groups excluding carboxylic acids is 1. The first kappa shape index (κ1) is 14.3. The predicted octanol–water partition coefficient (Wildman–Crippen LogP) is 3.04. The summed E-state index contributed by atoms with van der Waals surface area (Å²) in [5.74, 6) is 0.0790. The van der Waals surface area contributed by atoms with Crippen molar-refractivity contribution in [1.29, 1.82) is 0 Å². The molecule has 21 heavy (non-hydrogen) atoms. The Morgan fingerprint density at radius 1 is 1.33 bits per heavy atom. The van der Waals surface area contributed by atoms with Gasteiger partial charge < -0.3 is 10.6 Å². The Labute approximate surface area is 131 Å². The van der Waals surface area contributed by atoms with Gasteiger partial charge in [0.15, 0.2) is 4.34 Å². The van der Waals surface area contributed by atoms with Gasteiger partial charge in [0.05, 0.1) is 5.25 Å². The molecular formula is C14H16N4OS2. The number of hydrogen-bond acceptors (Lipinski definition) is 6. The van der Waals surface area contributed by atoms with E-state index >= 15 is 0 Å². The number of rotatable bonds is 6. The molecule has 1 aromatic heterocycles. The molecule has 5 nitrogen and oxygen atoms in total. The Kier molecular flexibility index (Phi) is 4.40. The molecule has 1 fully saturated rings. The normalized spacial score (nSPS) is 15.5. The van der Waals surface area contributed by atoms with Gasteiger partial charge in [-0.15, -0.1) is 10.2 Å². The number of carbonyl (C=O) groups is 1. The summed E-state index contributed by atoms with van der Waals surface area (Å²) < 4.78 is 0.798. The fourth-order valence-electron chi connectivity index (χ4n) is 1.70. The molecule has 3 rings (SSSR count). The standard InChI is InChI=1S/C14H16N4OS2/c1-9(12(19)15-11-7-8-11)20-14-18-17-13(21-14)16-10-5-3-2-4-6-10/h2-6,9,11H,7-8H2,1H3,(H,15,19)(H,16,17)/t9-/m0/s1. The minimum absolute atomic E-state index is 0.0790. The summed E-state index contributed by atoms with van der Waals surface area (Å²) in [5, 5.41) is 15.0. The summed E-state index contributed by atoms with van der Waals surface area (Å²) in [6.45, 7) is 1.90. The monoisotopic (exact) mass is 320 g/mol. The Morgan fingerprint density at radius 2 is 2.10 bits per heavy atom. The molecule has 1 atom stereocenters. The maximum absolute atomic E-state index is 11.9. The Hall–Kier alpha value is -1.60. The molecule has 1 heterocycles. The number of hydrogen-bond donors (Lipinski definition) is 2. The minimum Gasteiger partial charge on any atom is -0.352 e. The zero-order valence-electron chi connectivity index (χ0n) is 11.6. The number of benzene rings is 1. The molecule has 0 spiro atoms. The quantitative estimate of drug-likeness (QED) is 0.801. The van der Waals surface area contributed by atoms with Gasteiger partial charge in [-0.3, -0.25) is 4.79 Å². The Bertz CT molecular complexity index is 612. The third kappa shape index (κ3) is 4.18. The van der Waals surface area contributed by atoms with Crippen LogP contribution in [-0.4, -0.2) is 27.4 Å². The first-order chi connectivity index (χ1) is 10.2. The second-order valence-corrected chi connectivity index (χ2v) is 7.47. The lowest BCUT2D eigenvalue weighted by Crippen LogP contribution is -2.32. The van der Waals surface area contributed by atoms with Crippen LogP contribution in [0.5, 0.6) is 0 Å². The van der Waals surface area contributed by atoms with Gasteiger partial charge in [-0.1, -0.05) is 41.3 Å². The van der Waals surface area contributed by atoms with E-state index in [-0.39, 0.29) is 11.2 Å². The van der Waals surface area contributed by atoms with Gasteiger partial charge in [0.2, 0.25) is 11.0 Å². The zero-order chi connectivity index (χ0) is 14.7. The van der Waals surface area contributed by atoms with Gasteiger partial charge in [0.25, 0.3) is 0 Å². The van der Waals surface area contributed by atoms with Crippen LogP contribution in [0.2, 0.25) is 0 Å². The van der Waals surface area contributed by atoms with E-state index in [2.05, 4.69) is 20.8 Å². The van der Waals surface area contributed by atoms with Crippen molar-refractivity contribution >= 4 is 39.8 Å². The van der Waals surface area contributed by atoms with Crippen molar-refractivity contribution in [1.82, 2.24) is 15.5 Å². The van der Waals surface area contributed by atoms with Crippen LogP contribution in [0.3, 0.4) is 0 Å². The van der Waals surface area contributed by atoms with Crippen LogP contribution in [0.4, 0.5) is 10.8 Å². The number of nitrogens with zero attached hydrogens (tertiary/aromatic N) is 2. The number of anilines is 2. The van der Waals surface area contributed by atoms with Crippen LogP contribution in [0.15, 0.2) is 34.7 Å². The topological polar surface area (TPSA) is 66.9 Å². The molecule has 0 saturated heterocycles. The van der Waals surface area contributed by atoms with Crippen molar-refractivity contribution in [3.63, 3.8) is 0 Å². The number of amides is 1. The van der Waals surface area contributed by atoms with Crippen molar-refractivity contribution in [2.45, 2.75) is 35.4 Å². The van der Waals surface area contributed by atoms with E-state index in [4.69, 9.17) is 0 Å². The van der Waals surface area contributed by atoms with Gasteiger partial charge in [-0.2, -0.15) is 0 Å². The van der Waals surface area contributed by atoms with Gasteiger partial charge in [-0.05, 0) is 31.9 Å². The molecule has 1 aliphatic carbocycles. The SMILES string of the molecule is C[C@H](Sc1nnc(Nc2ccccc2)s1)C(=O)NC1CC1. The highest BCUT2D eigenvalue weighted by Gasteiger charge is 2.26. The van der Waals surface area contributed by atoms with Gasteiger partial charge in [0.1, 0.15) is 0 Å². The fourth-order valence-corrected chi connectivity index (χ4v) is 3.63. The van der Waals surface area contributed by atoms with E-state index in [0.717, 1.165) is 28.0 Å². The molecule has 110 valence electrons. The Morgan fingerprint density at radius 3 is 2.81 bits per heavy atom. The van der Waals surface area contributed by atoms with E-state index in [1.165, 1.54) is 23.1 Å². The average Bonchev–Trinajstić information content (AvgIpc) is 3.19. The van der Waals surface area contributed by atoms with Crippen molar-refractivity contribution < 1.29 is 4.79 Å². The highest BCUT2D eigenvalue weighted by Crippen LogP contribution is 2.31. The summed E-state index contributed by atoms with van der Waals surface area (Å²) in [7, 11) is 0. The fraction of sp³-hybridized carbons (Fsp3) is 0.357. The largest absolute Gasteiger partial charge is 0.352 e. The van der Waals surface area contributed by atoms with Crippen LogP contribution in [0.25, 0.3) is 0 Å². The van der Waals surface area contributed by atoms with E-state index in [1.807, 2.05) is 37.3 Å². The zero-order valence-corrected chi connectivity index (χ0v) is 13.2. The number of thioether (sulfide) groups is 1. The van der Waals surface area contributed by atoms with E-state index in [1.54, 1.807) is 0 Å². The minimum atomic E-state index is -0.150. The van der Waals surface area contributed by atoms with Gasteiger partial charge in [0, 0.05) is 11.7 Å². The van der Waals surface area contributed by atoms with Crippen molar-refractivity contribution in [2.75, 3.05) is 5.32 Å². The molecule has 2 aromatic rings. The second-order valence-electron chi connectivity index (χ2n) is 4.91. The van der Waals surface area contributed by atoms with Crippen molar-refractivity contribution in [2.24, 2.45) is 0 Å². The molecule has 0 radical (unpaired) electrons. The smallest absolute Gasteiger partial charge is 0.233 e. The Balaban J connectivity index is 1.55. The third-order valence-electron chi connectivity index (χ3n) is 3.00. The molecule has 1 aromatic carbocycles. The van der Waals surface area contributed by atoms with E-state index in [9.17, 15) is 4.79 Å². The lowest BCUT2D eigenvalue weighted by Gasteiger charge is -2.08. The molecule has 0 unspecified atom stereocenters. The summed E-state index contributed by atoms with van der Waals surface area (Å²) in [4.78, 5) is 11.9. The van der Waals surface area contributed by atoms with E-state index in [0.29, 0.717) is 6.04 Å². The molecule has 1 aliphatic rings. The molecule has 1 saturated carbocycles. The number of para-hydroxylation sites is 1. The molecule has 2 N–H and O–H groups in total. The summed E-state index contributed by atoms with van der Waals surface area (Å²) >= 11 is 2.90. The third-order valence-corrected chi connectivity index (χ3v) is 5.02. The molecular weight excluding hydrogens is 304 g/mol. The van der Waals surface area contributed by atoms with Crippen LogP contribution < -0.4 is 10.6 Å². The van der Waals surface area contributed by atoms with E-state index < -0.39 is 0 Å². The van der Waals surface area contributed by atoms with Crippen LogP contribution in [0, 0.1) is 0 Å². The van der Waals surface area contributed by atoms with Crippen LogP contribution in [0.1, 0.15) is 19.8 Å². The first-order valence-corrected chi connectivity index (χ1v) is 8.53. The van der Waals surface area contributed by atoms with Crippen molar-refractivity contribution in [3.8, 4) is 0 Å². The lowest BCUT2D eigenvalue weighted by atomic mass is 10.3. The number of nitrogens with one attached hydrogen (secondary N) is 2. The van der Waals surface area contributed by atoms with Gasteiger partial charge >= 0.3 is 0 Å². The highest BCUT2D eigenvalue weighted by atomic mass is 32.2.